The second kappa shape index (κ2) is 2.97. The van der Waals surface area contributed by atoms with Crippen LogP contribution >= 0.6 is 22.6 Å². The molecule has 0 aliphatic rings. The van der Waals surface area contributed by atoms with Crippen molar-refractivity contribution in [1.29, 1.82) is 5.26 Å². The summed E-state index contributed by atoms with van der Waals surface area (Å²) in [6.45, 7) is 1.94. The van der Waals surface area contributed by atoms with E-state index in [1.54, 1.807) is 6.20 Å². The molecule has 0 aromatic carbocycles. The van der Waals surface area contributed by atoms with Crippen molar-refractivity contribution in [3.05, 3.63) is 27.1 Å². The van der Waals surface area contributed by atoms with E-state index in [2.05, 4.69) is 27.6 Å². The summed E-state index contributed by atoms with van der Waals surface area (Å²) in [4.78, 5) is 4.01. The van der Waals surface area contributed by atoms with Gasteiger partial charge in [-0.1, -0.05) is 0 Å². The molecule has 50 valence electrons. The fourth-order valence-electron chi connectivity index (χ4n) is 0.619. The van der Waals surface area contributed by atoms with E-state index >= 15 is 0 Å². The maximum absolute atomic E-state index is 8.46. The van der Waals surface area contributed by atoms with Gasteiger partial charge in [-0.05, 0) is 41.1 Å². The molecule has 2 nitrogen and oxygen atoms in total. The van der Waals surface area contributed by atoms with E-state index in [4.69, 9.17) is 5.26 Å². The molecule has 0 unspecified atom stereocenters. The van der Waals surface area contributed by atoms with Crippen LogP contribution in [0.1, 0.15) is 11.1 Å². The molecule has 1 aromatic rings. The minimum Gasteiger partial charge on any atom is -0.249 e. The number of pyridine rings is 1. The van der Waals surface area contributed by atoms with Crippen LogP contribution in [-0.2, 0) is 0 Å². The summed E-state index contributed by atoms with van der Waals surface area (Å²) >= 11 is 2.14. The minimum atomic E-state index is 0.623. The molecule has 1 heterocycles. The zero-order valence-corrected chi connectivity index (χ0v) is 7.58. The molecule has 0 saturated heterocycles. The van der Waals surface area contributed by atoms with E-state index in [9.17, 15) is 0 Å². The van der Waals surface area contributed by atoms with Gasteiger partial charge < -0.3 is 0 Å². The van der Waals surface area contributed by atoms with Gasteiger partial charge in [-0.2, -0.15) is 5.26 Å². The fraction of sp³-hybridized carbons (Fsp3) is 0.143. The van der Waals surface area contributed by atoms with Gasteiger partial charge in [-0.25, -0.2) is 4.98 Å². The maximum Gasteiger partial charge on any atom is 0.104 e. The van der Waals surface area contributed by atoms with Crippen molar-refractivity contribution in [3.8, 4) is 6.07 Å². The third-order valence-corrected chi connectivity index (χ3v) is 2.27. The number of aromatic nitrogens is 1. The molecule has 3 heteroatoms. The van der Waals surface area contributed by atoms with Gasteiger partial charge >= 0.3 is 0 Å². The Morgan fingerprint density at radius 2 is 2.40 bits per heavy atom. The second-order valence-corrected chi connectivity index (χ2v) is 2.97. The normalized spacial score (nSPS) is 8.90. The van der Waals surface area contributed by atoms with Crippen molar-refractivity contribution in [3.63, 3.8) is 0 Å². The Balaban J connectivity index is 3.20. The molecule has 0 spiro atoms. The van der Waals surface area contributed by atoms with Gasteiger partial charge in [-0.3, -0.25) is 0 Å². The van der Waals surface area contributed by atoms with Crippen LogP contribution in [0.2, 0.25) is 0 Å². The van der Waals surface area contributed by atoms with Crippen molar-refractivity contribution in [2.45, 2.75) is 6.92 Å². The molecule has 0 amide bonds. The Morgan fingerprint density at radius 1 is 1.70 bits per heavy atom. The highest BCUT2D eigenvalue weighted by Crippen LogP contribution is 2.08. The van der Waals surface area contributed by atoms with Gasteiger partial charge in [-0.15, -0.1) is 0 Å². The molecule has 0 aliphatic heterocycles. The van der Waals surface area contributed by atoms with Crippen LogP contribution in [0.4, 0.5) is 0 Å². The summed E-state index contributed by atoms with van der Waals surface area (Å²) in [6.07, 6.45) is 1.58. The quantitative estimate of drug-likeness (QED) is 0.516. The molecular weight excluding hydrogens is 239 g/mol. The zero-order valence-electron chi connectivity index (χ0n) is 5.43. The Morgan fingerprint density at radius 3 is 2.90 bits per heavy atom. The molecule has 1 aromatic heterocycles. The van der Waals surface area contributed by atoms with Gasteiger partial charge in [0.15, 0.2) is 0 Å². The first-order valence-corrected chi connectivity index (χ1v) is 3.84. The lowest BCUT2D eigenvalue weighted by molar-refractivity contribution is 1.20. The first-order chi connectivity index (χ1) is 4.74. The molecule has 0 bridgehead atoms. The summed E-state index contributed by atoms with van der Waals surface area (Å²) in [5, 5.41) is 8.46. The molecule has 0 atom stereocenters. The van der Waals surface area contributed by atoms with Crippen LogP contribution in [0.25, 0.3) is 0 Å². The van der Waals surface area contributed by atoms with Gasteiger partial charge in [0, 0.05) is 6.20 Å². The summed E-state index contributed by atoms with van der Waals surface area (Å²) in [7, 11) is 0. The topological polar surface area (TPSA) is 36.7 Å². The lowest BCUT2D eigenvalue weighted by Crippen LogP contribution is -1.86. The number of rotatable bonds is 0. The van der Waals surface area contributed by atoms with Crippen LogP contribution in [0.5, 0.6) is 0 Å². The van der Waals surface area contributed by atoms with E-state index in [1.165, 1.54) is 0 Å². The molecule has 10 heavy (non-hydrogen) atoms. The third kappa shape index (κ3) is 1.45. The van der Waals surface area contributed by atoms with Gasteiger partial charge in [0.25, 0.3) is 0 Å². The van der Waals surface area contributed by atoms with Gasteiger partial charge in [0.1, 0.15) is 9.77 Å². The summed E-state index contributed by atoms with van der Waals surface area (Å²) in [6, 6.07) is 3.86. The molecule has 0 radical (unpaired) electrons. The highest BCUT2D eigenvalue weighted by molar-refractivity contribution is 14.1. The van der Waals surface area contributed by atoms with Gasteiger partial charge in [0.05, 0.1) is 5.56 Å². The average molecular weight is 244 g/mol. The molecule has 0 fully saturated rings. The van der Waals surface area contributed by atoms with Crippen molar-refractivity contribution in [2.24, 2.45) is 0 Å². The Bertz CT molecular complexity index is 288. The van der Waals surface area contributed by atoms with Crippen molar-refractivity contribution < 1.29 is 0 Å². The van der Waals surface area contributed by atoms with Crippen LogP contribution in [-0.4, -0.2) is 4.98 Å². The largest absolute Gasteiger partial charge is 0.249 e. The smallest absolute Gasteiger partial charge is 0.104 e. The summed E-state index contributed by atoms with van der Waals surface area (Å²) in [5.74, 6) is 0. The number of nitrogens with zero attached hydrogens (tertiary/aromatic N) is 2. The molecule has 1 rings (SSSR count). The van der Waals surface area contributed by atoms with E-state index in [0.717, 1.165) is 9.26 Å². The first-order valence-electron chi connectivity index (χ1n) is 2.76. The van der Waals surface area contributed by atoms with Crippen molar-refractivity contribution in [2.75, 3.05) is 0 Å². The highest BCUT2D eigenvalue weighted by Gasteiger charge is 1.95. The average Bonchev–Trinajstić information content (AvgIpc) is 1.95. The van der Waals surface area contributed by atoms with Crippen LogP contribution in [0.3, 0.4) is 0 Å². The zero-order chi connectivity index (χ0) is 7.56. The number of nitriles is 1. The minimum absolute atomic E-state index is 0.623. The Hall–Kier alpha value is -0.630. The molecule has 0 saturated carbocycles. The Labute approximate surface area is 73.0 Å². The lowest BCUT2D eigenvalue weighted by atomic mass is 10.2. The van der Waals surface area contributed by atoms with Crippen LogP contribution in [0.15, 0.2) is 12.3 Å². The second-order valence-electron chi connectivity index (χ2n) is 1.94. The maximum atomic E-state index is 8.46. The fourth-order valence-corrected chi connectivity index (χ4v) is 0.914. The van der Waals surface area contributed by atoms with E-state index in [0.29, 0.717) is 5.56 Å². The van der Waals surface area contributed by atoms with Crippen LogP contribution < -0.4 is 0 Å². The molecular formula is C7H5IN2. The monoisotopic (exact) mass is 244 g/mol. The predicted octanol–water partition coefficient (Wildman–Crippen LogP) is 1.87. The standard InChI is InChI=1S/C7H5IN2/c1-5-2-6(3-9)4-10-7(5)8/h2,4H,1H3. The predicted molar refractivity (Wildman–Crippen MR) is 46.4 cm³/mol. The van der Waals surface area contributed by atoms with E-state index in [-0.39, 0.29) is 0 Å². The number of hydrogen-bond acceptors (Lipinski definition) is 2. The van der Waals surface area contributed by atoms with Gasteiger partial charge in [0.2, 0.25) is 0 Å². The lowest BCUT2D eigenvalue weighted by Gasteiger charge is -1.94. The van der Waals surface area contributed by atoms with Crippen LogP contribution in [0, 0.1) is 22.0 Å². The van der Waals surface area contributed by atoms with Crippen molar-refractivity contribution in [1.82, 2.24) is 4.98 Å². The molecule has 0 aliphatic carbocycles. The van der Waals surface area contributed by atoms with E-state index < -0.39 is 0 Å². The number of halogens is 1. The highest BCUT2D eigenvalue weighted by atomic mass is 127. The summed E-state index contributed by atoms with van der Waals surface area (Å²) in [5.41, 5.74) is 1.68. The van der Waals surface area contributed by atoms with E-state index in [1.807, 2.05) is 19.1 Å². The summed E-state index contributed by atoms with van der Waals surface area (Å²) < 4.78 is 0.955. The third-order valence-electron chi connectivity index (χ3n) is 1.14. The molecule has 0 N–H and O–H groups in total. The SMILES string of the molecule is Cc1cc(C#N)cnc1I. The van der Waals surface area contributed by atoms with Crippen molar-refractivity contribution >= 4 is 22.6 Å². The number of aryl methyl sites for hydroxylation is 1. The Kier molecular flexibility index (Phi) is 2.22. The number of hydrogen-bond donors (Lipinski definition) is 0. The first kappa shape index (κ1) is 7.48.